The van der Waals surface area contributed by atoms with Gasteiger partial charge in [-0.05, 0) is 19.7 Å². The van der Waals surface area contributed by atoms with Gasteiger partial charge >= 0.3 is 0 Å². The second kappa shape index (κ2) is 2.44. The molecule has 12 heavy (non-hydrogen) atoms. The van der Waals surface area contributed by atoms with Gasteiger partial charge in [-0.15, -0.1) is 0 Å². The zero-order valence-corrected chi connectivity index (χ0v) is 8.40. The third-order valence-electron chi connectivity index (χ3n) is 1.00. The second-order valence-electron chi connectivity index (χ2n) is 2.99. The van der Waals surface area contributed by atoms with Gasteiger partial charge in [-0.2, -0.15) is 8.42 Å². The smallest absolute Gasteiger partial charge is 0.262 e. The first-order chi connectivity index (χ1) is 5.12. The van der Waals surface area contributed by atoms with Crippen LogP contribution < -0.4 is 0 Å². The monoisotopic (exact) mass is 214 g/mol. The van der Waals surface area contributed by atoms with E-state index in [1.165, 1.54) is 13.8 Å². The molecule has 1 aliphatic heterocycles. The van der Waals surface area contributed by atoms with Crippen LogP contribution in [0.15, 0.2) is 0 Å². The van der Waals surface area contributed by atoms with Crippen molar-refractivity contribution >= 4 is 25.8 Å². The van der Waals surface area contributed by atoms with Gasteiger partial charge in [-0.25, -0.2) is 8.39 Å². The Morgan fingerprint density at radius 2 is 1.75 bits per heavy atom. The van der Waals surface area contributed by atoms with Gasteiger partial charge in [0.25, 0.3) is 10.1 Å². The molecule has 0 aromatic heterocycles. The van der Waals surface area contributed by atoms with Crippen molar-refractivity contribution in [2.75, 3.05) is 5.08 Å². The van der Waals surface area contributed by atoms with Crippen LogP contribution >= 0.6 is 0 Å². The summed E-state index contributed by atoms with van der Waals surface area (Å²) < 4.78 is 42.5. The van der Waals surface area contributed by atoms with Gasteiger partial charge in [0, 0.05) is 0 Å². The minimum Gasteiger partial charge on any atom is -0.262 e. The highest BCUT2D eigenvalue weighted by atomic mass is 32.3. The van der Waals surface area contributed by atoms with Crippen LogP contribution in [0.3, 0.4) is 0 Å². The summed E-state index contributed by atoms with van der Waals surface area (Å²) in [6, 6.07) is 0. The Morgan fingerprint density at radius 1 is 1.25 bits per heavy atom. The van der Waals surface area contributed by atoms with E-state index in [0.717, 1.165) is 0 Å². The van der Waals surface area contributed by atoms with Crippen molar-refractivity contribution in [2.24, 2.45) is 0 Å². The Hall–Kier alpha value is -0.110. The molecule has 0 spiro atoms. The van der Waals surface area contributed by atoms with Crippen molar-refractivity contribution in [3.05, 3.63) is 0 Å². The van der Waals surface area contributed by atoms with Crippen LogP contribution in [-0.2, 0) is 28.3 Å². The molecule has 0 N–H and O–H groups in total. The van der Waals surface area contributed by atoms with Crippen molar-refractivity contribution in [2.45, 2.75) is 19.6 Å². The molecule has 1 fully saturated rings. The maximum Gasteiger partial charge on any atom is 0.283 e. The van der Waals surface area contributed by atoms with E-state index in [-0.39, 0.29) is 0 Å². The van der Waals surface area contributed by atoms with Crippen LogP contribution in [0, 0.1) is 0 Å². The van der Waals surface area contributed by atoms with Gasteiger partial charge in [0.2, 0.25) is 0 Å². The Labute approximate surface area is 72.0 Å². The average Bonchev–Trinajstić information content (AvgIpc) is 1.44. The predicted molar refractivity (Wildman–Crippen MR) is 45.3 cm³/mol. The average molecular weight is 214 g/mol. The fraction of sp³-hybridized carbons (Fsp3) is 0.800. The summed E-state index contributed by atoms with van der Waals surface area (Å²) in [5.41, 5.74) is 0. The fourth-order valence-corrected chi connectivity index (χ4v) is 4.55. The van der Waals surface area contributed by atoms with Crippen LogP contribution in [-0.4, -0.2) is 29.4 Å². The number of hydrogen-bond acceptors (Lipinski definition) is 5. The lowest BCUT2D eigenvalue weighted by atomic mass is 10.4. The van der Waals surface area contributed by atoms with Gasteiger partial charge in [-0.1, -0.05) is 0 Å². The lowest BCUT2D eigenvalue weighted by Crippen LogP contribution is -2.42. The van der Waals surface area contributed by atoms with E-state index in [1.54, 1.807) is 0 Å². The Balaban J connectivity index is 3.14. The number of hydrogen-bond donors (Lipinski definition) is 0. The molecule has 1 unspecified atom stereocenters. The standard InChI is InChI=1S/C5H10O5S2/c1-5(2)9-11(3,6)4-12(7,8)10-5/h3-4H2,1-2H3. The normalized spacial score (nSPS) is 39.2. The highest BCUT2D eigenvalue weighted by Crippen LogP contribution is 2.25. The molecule has 0 aromatic rings. The first kappa shape index (κ1) is 9.97. The van der Waals surface area contributed by atoms with E-state index >= 15 is 0 Å². The molecule has 1 rings (SSSR count). The van der Waals surface area contributed by atoms with Crippen LogP contribution in [0.2, 0.25) is 0 Å². The summed E-state index contributed by atoms with van der Waals surface area (Å²) >= 11 is 0. The molecule has 0 aliphatic carbocycles. The zero-order valence-electron chi connectivity index (χ0n) is 6.77. The van der Waals surface area contributed by atoms with E-state index in [1.807, 2.05) is 0 Å². The molecular weight excluding hydrogens is 204 g/mol. The molecule has 1 saturated heterocycles. The summed E-state index contributed by atoms with van der Waals surface area (Å²) in [6.45, 7) is 2.74. The van der Waals surface area contributed by atoms with Gasteiger partial charge in [-0.3, -0.25) is 4.18 Å². The zero-order chi connectivity index (χ0) is 9.62. The van der Waals surface area contributed by atoms with E-state index in [2.05, 4.69) is 10.1 Å². The molecular formula is C5H10O5S2. The predicted octanol–water partition coefficient (Wildman–Crippen LogP) is -0.312. The molecule has 1 aliphatic rings. The van der Waals surface area contributed by atoms with Crippen LogP contribution in [0.5, 0.6) is 0 Å². The summed E-state index contributed by atoms with van der Waals surface area (Å²) in [5, 5.41) is -0.677. The minimum absolute atomic E-state index is 0.677. The van der Waals surface area contributed by atoms with Crippen LogP contribution in [0.1, 0.15) is 13.8 Å². The van der Waals surface area contributed by atoms with Crippen molar-refractivity contribution in [3.63, 3.8) is 0 Å². The second-order valence-corrected chi connectivity index (χ2v) is 6.86. The van der Waals surface area contributed by atoms with Crippen molar-refractivity contribution in [3.8, 4) is 0 Å². The van der Waals surface area contributed by atoms with E-state index in [0.29, 0.717) is 0 Å². The first-order valence-electron chi connectivity index (χ1n) is 3.11. The van der Waals surface area contributed by atoms with Crippen LogP contribution in [0.25, 0.3) is 0 Å². The topological polar surface area (TPSA) is 69.7 Å². The molecule has 1 atom stereocenters. The fourth-order valence-electron chi connectivity index (χ4n) is 0.953. The molecule has 0 saturated carbocycles. The molecule has 5 nitrogen and oxygen atoms in total. The Bertz CT molecular complexity index is 338. The lowest BCUT2D eigenvalue weighted by Gasteiger charge is -2.30. The molecule has 1 heterocycles. The molecule has 72 valence electrons. The third kappa shape index (κ3) is 2.44. The summed E-state index contributed by atoms with van der Waals surface area (Å²) in [5.74, 6) is 1.79. The summed E-state index contributed by atoms with van der Waals surface area (Å²) in [7, 11) is -6.77. The lowest BCUT2D eigenvalue weighted by molar-refractivity contribution is -0.0716. The van der Waals surface area contributed by atoms with Gasteiger partial charge in [0.15, 0.2) is 10.9 Å². The first-order valence-corrected chi connectivity index (χ1v) is 6.51. The summed E-state index contributed by atoms with van der Waals surface area (Å²) in [4.78, 5) is 0. The molecule has 7 heteroatoms. The van der Waals surface area contributed by atoms with E-state index in [9.17, 15) is 12.6 Å². The van der Waals surface area contributed by atoms with Gasteiger partial charge in [0.05, 0.1) is 9.80 Å². The highest BCUT2D eigenvalue weighted by Gasteiger charge is 2.38. The maximum absolute atomic E-state index is 11.2. The third-order valence-corrected chi connectivity index (χ3v) is 4.96. The summed E-state index contributed by atoms with van der Waals surface area (Å²) in [6.07, 6.45) is 0. The molecule has 0 amide bonds. The minimum atomic E-state index is -3.76. The van der Waals surface area contributed by atoms with Crippen molar-refractivity contribution in [1.29, 1.82) is 0 Å². The van der Waals surface area contributed by atoms with Gasteiger partial charge < -0.3 is 0 Å². The highest BCUT2D eigenvalue weighted by molar-refractivity contribution is 8.08. The maximum atomic E-state index is 11.2. The SMILES string of the molecule is C=S1(=O)CS(=O)(=O)OC(C)(C)O1. The molecule has 0 radical (unpaired) electrons. The van der Waals surface area contributed by atoms with E-state index in [4.69, 9.17) is 4.18 Å². The Morgan fingerprint density at radius 3 is 2.08 bits per heavy atom. The molecule has 0 aromatic carbocycles. The van der Waals surface area contributed by atoms with Gasteiger partial charge in [0.1, 0.15) is 0 Å². The molecule has 0 bridgehead atoms. The quantitative estimate of drug-likeness (QED) is 0.408. The largest absolute Gasteiger partial charge is 0.283 e. The Kier molecular flexibility index (Phi) is 2.03. The van der Waals surface area contributed by atoms with Crippen molar-refractivity contribution < 1.29 is 21.0 Å². The number of rotatable bonds is 0. The van der Waals surface area contributed by atoms with Crippen molar-refractivity contribution in [1.82, 2.24) is 0 Å². The van der Waals surface area contributed by atoms with E-state index < -0.39 is 30.8 Å². The van der Waals surface area contributed by atoms with Crippen LogP contribution in [0.4, 0.5) is 0 Å².